The predicted octanol–water partition coefficient (Wildman–Crippen LogP) is 1.44. The molecule has 1 aromatic heterocycles. The van der Waals surface area contributed by atoms with E-state index in [0.29, 0.717) is 5.69 Å². The molecule has 8 heteroatoms. The van der Waals surface area contributed by atoms with Gasteiger partial charge in [0.25, 0.3) is 0 Å². The van der Waals surface area contributed by atoms with E-state index in [0.717, 1.165) is 0 Å². The van der Waals surface area contributed by atoms with Gasteiger partial charge in [0, 0.05) is 5.69 Å². The molecule has 2 aromatic rings. The van der Waals surface area contributed by atoms with Crippen LogP contribution in [0.2, 0.25) is 0 Å². The van der Waals surface area contributed by atoms with Gasteiger partial charge >= 0.3 is 11.4 Å². The van der Waals surface area contributed by atoms with Crippen molar-refractivity contribution in [2.45, 2.75) is 18.5 Å². The smallest absolute Gasteiger partial charge is 0.325 e. The number of isocyanates is 1. The number of nitrogens with zero attached hydrogens (tertiary/aromatic N) is 3. The van der Waals surface area contributed by atoms with Gasteiger partial charge in [0.2, 0.25) is 12.0 Å². The first-order valence-corrected chi connectivity index (χ1v) is 7.53. The number of aromatic amines is 1. The summed E-state index contributed by atoms with van der Waals surface area (Å²) in [6, 6.07) is 8.34. The minimum atomic E-state index is -1.03. The molecule has 3 rings (SSSR count). The molecule has 1 aromatic carbocycles. The van der Waals surface area contributed by atoms with E-state index in [-0.39, 0.29) is 5.95 Å². The Morgan fingerprint density at radius 3 is 2.76 bits per heavy atom. The van der Waals surface area contributed by atoms with E-state index in [2.05, 4.69) is 20.3 Å². The van der Waals surface area contributed by atoms with Crippen LogP contribution in [-0.2, 0) is 4.79 Å². The maximum atomic E-state index is 12.5. The standard InChI is InChI=1S/C17H15N5O3/c1-17(18-11-23)10-6-5-9-13(17)22-14(20-15(24)21-16(22)25)19-12-7-3-2-4-8-12/h2-10,13H,1H3,(H2,19,20,21,24,25). The van der Waals surface area contributed by atoms with Crippen molar-refractivity contribution in [1.82, 2.24) is 14.5 Å². The molecule has 2 unspecified atom stereocenters. The molecule has 1 heterocycles. The van der Waals surface area contributed by atoms with Crippen molar-refractivity contribution in [3.05, 3.63) is 75.6 Å². The highest BCUT2D eigenvalue weighted by atomic mass is 16.2. The number of benzene rings is 1. The fourth-order valence-electron chi connectivity index (χ4n) is 2.69. The Balaban J connectivity index is 2.17. The second-order valence-electron chi connectivity index (χ2n) is 5.65. The quantitative estimate of drug-likeness (QED) is 0.648. The SMILES string of the molecule is CC1(N=C=O)C=CC=CC1n1c(Nc2ccccc2)nc(=O)[nH]c1=O. The maximum Gasteiger partial charge on any atom is 0.352 e. The van der Waals surface area contributed by atoms with E-state index in [4.69, 9.17) is 0 Å². The van der Waals surface area contributed by atoms with Gasteiger partial charge in [-0.1, -0.05) is 42.5 Å². The van der Waals surface area contributed by atoms with Crippen LogP contribution in [0.1, 0.15) is 13.0 Å². The van der Waals surface area contributed by atoms with Gasteiger partial charge in [0.1, 0.15) is 5.54 Å². The van der Waals surface area contributed by atoms with Crippen LogP contribution in [0.3, 0.4) is 0 Å². The number of allylic oxidation sites excluding steroid dienone is 2. The molecule has 0 saturated carbocycles. The van der Waals surface area contributed by atoms with E-state index < -0.39 is 23.0 Å². The van der Waals surface area contributed by atoms with Crippen LogP contribution in [0.15, 0.2) is 69.2 Å². The van der Waals surface area contributed by atoms with Crippen LogP contribution in [-0.4, -0.2) is 26.2 Å². The zero-order valence-corrected chi connectivity index (χ0v) is 13.3. The lowest BCUT2D eigenvalue weighted by Gasteiger charge is -2.32. The maximum absolute atomic E-state index is 12.5. The van der Waals surface area contributed by atoms with Gasteiger partial charge < -0.3 is 5.32 Å². The molecule has 126 valence electrons. The van der Waals surface area contributed by atoms with Crippen molar-refractivity contribution < 1.29 is 4.79 Å². The van der Waals surface area contributed by atoms with Crippen LogP contribution in [0.5, 0.6) is 0 Å². The topological polar surface area (TPSA) is 109 Å². The second kappa shape index (κ2) is 6.54. The third-order valence-electron chi connectivity index (χ3n) is 3.90. The highest BCUT2D eigenvalue weighted by Crippen LogP contribution is 2.33. The Morgan fingerprint density at radius 1 is 1.28 bits per heavy atom. The number of hydrogen-bond acceptors (Lipinski definition) is 6. The fraction of sp³-hybridized carbons (Fsp3) is 0.176. The Hall–Kier alpha value is -3.51. The number of nitrogens with one attached hydrogen (secondary N) is 2. The number of aromatic nitrogens is 3. The number of rotatable bonds is 4. The molecule has 0 amide bonds. The lowest BCUT2D eigenvalue weighted by Crippen LogP contribution is -2.43. The first kappa shape index (κ1) is 16.4. The van der Waals surface area contributed by atoms with E-state index >= 15 is 0 Å². The molecule has 25 heavy (non-hydrogen) atoms. The Labute approximate surface area is 142 Å². The zero-order valence-electron chi connectivity index (χ0n) is 13.3. The van der Waals surface area contributed by atoms with Gasteiger partial charge in [0.15, 0.2) is 0 Å². The van der Waals surface area contributed by atoms with Gasteiger partial charge in [-0.25, -0.2) is 14.4 Å². The number of H-pyrrole nitrogens is 1. The number of para-hydroxylation sites is 1. The Kier molecular flexibility index (Phi) is 4.28. The van der Waals surface area contributed by atoms with Crippen LogP contribution < -0.4 is 16.7 Å². The third kappa shape index (κ3) is 3.24. The summed E-state index contributed by atoms with van der Waals surface area (Å²) < 4.78 is 1.26. The Morgan fingerprint density at radius 2 is 2.04 bits per heavy atom. The molecule has 0 aliphatic heterocycles. The molecule has 0 saturated heterocycles. The first-order chi connectivity index (χ1) is 12.0. The van der Waals surface area contributed by atoms with E-state index in [1.54, 1.807) is 43.4 Å². The van der Waals surface area contributed by atoms with E-state index in [1.807, 2.05) is 18.2 Å². The summed E-state index contributed by atoms with van der Waals surface area (Å²) in [5.41, 5.74) is -1.80. The van der Waals surface area contributed by atoms with Crippen LogP contribution in [0.4, 0.5) is 11.6 Å². The van der Waals surface area contributed by atoms with E-state index in [1.165, 1.54) is 10.6 Å². The number of carbonyl (C=O) groups excluding carboxylic acids is 1. The molecule has 2 atom stereocenters. The van der Waals surface area contributed by atoms with Crippen molar-refractivity contribution in [2.75, 3.05) is 5.32 Å². The minimum absolute atomic E-state index is 0.0530. The van der Waals surface area contributed by atoms with Crippen molar-refractivity contribution >= 4 is 17.7 Å². The highest BCUT2D eigenvalue weighted by molar-refractivity contribution is 5.53. The molecule has 8 nitrogen and oxygen atoms in total. The average molecular weight is 337 g/mol. The summed E-state index contributed by atoms with van der Waals surface area (Å²) in [4.78, 5) is 44.9. The highest BCUT2D eigenvalue weighted by Gasteiger charge is 2.35. The molecule has 1 aliphatic rings. The van der Waals surface area contributed by atoms with Crippen LogP contribution in [0, 0.1) is 0 Å². The summed E-state index contributed by atoms with van der Waals surface area (Å²) in [7, 11) is 0. The van der Waals surface area contributed by atoms with Crippen LogP contribution >= 0.6 is 0 Å². The van der Waals surface area contributed by atoms with Crippen molar-refractivity contribution in [2.24, 2.45) is 4.99 Å². The van der Waals surface area contributed by atoms with Crippen molar-refractivity contribution in [1.29, 1.82) is 0 Å². The fourth-order valence-corrected chi connectivity index (χ4v) is 2.69. The lowest BCUT2D eigenvalue weighted by molar-refractivity contribution is 0.398. The molecule has 0 radical (unpaired) electrons. The third-order valence-corrected chi connectivity index (χ3v) is 3.90. The molecular formula is C17H15N5O3. The number of aliphatic imine (C=N–C) groups is 1. The molecule has 0 spiro atoms. The molecule has 0 bridgehead atoms. The van der Waals surface area contributed by atoms with Gasteiger partial charge in [-0.3, -0.25) is 9.55 Å². The zero-order chi connectivity index (χ0) is 17.9. The molecule has 2 N–H and O–H groups in total. The van der Waals surface area contributed by atoms with E-state index in [9.17, 15) is 14.4 Å². The van der Waals surface area contributed by atoms with Crippen molar-refractivity contribution in [3.8, 4) is 0 Å². The summed E-state index contributed by atoms with van der Waals surface area (Å²) in [6.45, 7) is 1.69. The summed E-state index contributed by atoms with van der Waals surface area (Å²) >= 11 is 0. The summed E-state index contributed by atoms with van der Waals surface area (Å²) in [5, 5.41) is 2.97. The normalized spacial score (nSPS) is 21.6. The summed E-state index contributed by atoms with van der Waals surface area (Å²) in [6.07, 6.45) is 8.39. The summed E-state index contributed by atoms with van der Waals surface area (Å²) in [5.74, 6) is 0.0530. The first-order valence-electron chi connectivity index (χ1n) is 7.53. The molecular weight excluding hydrogens is 322 g/mol. The van der Waals surface area contributed by atoms with Crippen molar-refractivity contribution in [3.63, 3.8) is 0 Å². The van der Waals surface area contributed by atoms with Gasteiger partial charge in [-0.15, -0.1) is 0 Å². The molecule has 0 fully saturated rings. The lowest BCUT2D eigenvalue weighted by atomic mass is 9.88. The minimum Gasteiger partial charge on any atom is -0.325 e. The number of hydrogen-bond donors (Lipinski definition) is 2. The largest absolute Gasteiger partial charge is 0.352 e. The van der Waals surface area contributed by atoms with Crippen LogP contribution in [0.25, 0.3) is 0 Å². The van der Waals surface area contributed by atoms with Gasteiger partial charge in [-0.05, 0) is 19.1 Å². The van der Waals surface area contributed by atoms with Gasteiger partial charge in [0.05, 0.1) is 6.04 Å². The molecule has 1 aliphatic carbocycles. The predicted molar refractivity (Wildman–Crippen MR) is 92.7 cm³/mol. The average Bonchev–Trinajstić information content (AvgIpc) is 2.57. The Bertz CT molecular complexity index is 999. The monoisotopic (exact) mass is 337 g/mol. The second-order valence-corrected chi connectivity index (χ2v) is 5.65. The van der Waals surface area contributed by atoms with Gasteiger partial charge in [-0.2, -0.15) is 9.98 Å². The number of anilines is 2.